The number of ether oxygens (including phenoxy) is 2. The summed E-state index contributed by atoms with van der Waals surface area (Å²) in [5.74, 6) is 2.05. The molecule has 0 aliphatic carbocycles. The predicted molar refractivity (Wildman–Crippen MR) is 100 cm³/mol. The van der Waals surface area contributed by atoms with E-state index in [0.29, 0.717) is 29.8 Å². The maximum atomic E-state index is 11.4. The SMILES string of the molecule is Cc1ccc(C(C)C)cc1OCCCOc1ccc(S(C)(=O)=O)cc1. The van der Waals surface area contributed by atoms with Crippen molar-refractivity contribution in [3.05, 3.63) is 53.6 Å². The average Bonchev–Trinajstić information content (AvgIpc) is 2.55. The molecule has 0 aliphatic heterocycles. The molecule has 0 amide bonds. The van der Waals surface area contributed by atoms with Crippen molar-refractivity contribution in [2.24, 2.45) is 0 Å². The van der Waals surface area contributed by atoms with E-state index in [-0.39, 0.29) is 0 Å². The third kappa shape index (κ3) is 5.78. The van der Waals surface area contributed by atoms with Gasteiger partial charge in [0.05, 0.1) is 18.1 Å². The molecule has 2 aromatic rings. The van der Waals surface area contributed by atoms with Crippen molar-refractivity contribution in [3.8, 4) is 11.5 Å². The first-order chi connectivity index (χ1) is 11.8. The molecule has 0 radical (unpaired) electrons. The molecular formula is C20H26O4S. The van der Waals surface area contributed by atoms with E-state index in [2.05, 4.69) is 32.0 Å². The summed E-state index contributed by atoms with van der Waals surface area (Å²) in [6.45, 7) is 7.46. The van der Waals surface area contributed by atoms with Crippen LogP contribution in [-0.2, 0) is 9.84 Å². The molecule has 4 nitrogen and oxygen atoms in total. The average molecular weight is 362 g/mol. The molecular weight excluding hydrogens is 336 g/mol. The lowest BCUT2D eigenvalue weighted by molar-refractivity contribution is 0.246. The molecule has 25 heavy (non-hydrogen) atoms. The van der Waals surface area contributed by atoms with Crippen LogP contribution in [0.2, 0.25) is 0 Å². The first kappa shape index (κ1) is 19.3. The summed E-state index contributed by atoms with van der Waals surface area (Å²) in [5.41, 5.74) is 2.39. The van der Waals surface area contributed by atoms with Gasteiger partial charge in [-0.25, -0.2) is 8.42 Å². The van der Waals surface area contributed by atoms with Crippen molar-refractivity contribution in [2.45, 2.75) is 38.0 Å². The topological polar surface area (TPSA) is 52.6 Å². The number of rotatable bonds is 8. The largest absolute Gasteiger partial charge is 0.493 e. The summed E-state index contributed by atoms with van der Waals surface area (Å²) in [7, 11) is -3.17. The van der Waals surface area contributed by atoms with E-state index in [0.717, 1.165) is 17.7 Å². The highest BCUT2D eigenvalue weighted by atomic mass is 32.2. The standard InChI is InChI=1S/C20H26O4S/c1-15(2)17-7-6-16(3)20(14-17)24-13-5-12-23-18-8-10-19(11-9-18)25(4,21)22/h6-11,14-15H,5,12-13H2,1-4H3. The number of hydrogen-bond donors (Lipinski definition) is 0. The first-order valence-electron chi connectivity index (χ1n) is 8.43. The van der Waals surface area contributed by atoms with E-state index in [4.69, 9.17) is 9.47 Å². The van der Waals surface area contributed by atoms with Crippen LogP contribution in [0.25, 0.3) is 0 Å². The van der Waals surface area contributed by atoms with Gasteiger partial charge in [0.25, 0.3) is 0 Å². The molecule has 0 unspecified atom stereocenters. The predicted octanol–water partition coefficient (Wildman–Crippen LogP) is 4.37. The van der Waals surface area contributed by atoms with E-state index >= 15 is 0 Å². The van der Waals surface area contributed by atoms with Gasteiger partial charge >= 0.3 is 0 Å². The number of sulfone groups is 1. The molecule has 0 spiro atoms. The summed E-state index contributed by atoms with van der Waals surface area (Å²) in [6, 6.07) is 12.8. The van der Waals surface area contributed by atoms with Crippen molar-refractivity contribution >= 4 is 9.84 Å². The van der Waals surface area contributed by atoms with Crippen LogP contribution in [-0.4, -0.2) is 27.9 Å². The first-order valence-corrected chi connectivity index (χ1v) is 10.3. The summed E-state index contributed by atoms with van der Waals surface area (Å²) in [4.78, 5) is 0.295. The minimum absolute atomic E-state index is 0.295. The van der Waals surface area contributed by atoms with Gasteiger partial charge in [0, 0.05) is 12.7 Å². The van der Waals surface area contributed by atoms with E-state index in [1.54, 1.807) is 24.3 Å². The quantitative estimate of drug-likeness (QED) is 0.654. The maximum absolute atomic E-state index is 11.4. The fourth-order valence-corrected chi connectivity index (χ4v) is 2.98. The second kappa shape index (κ2) is 8.39. The maximum Gasteiger partial charge on any atom is 0.175 e. The van der Waals surface area contributed by atoms with Crippen LogP contribution in [0.3, 0.4) is 0 Å². The normalized spacial score (nSPS) is 11.6. The lowest BCUT2D eigenvalue weighted by atomic mass is 10.0. The molecule has 0 aliphatic rings. The molecule has 0 bridgehead atoms. The van der Waals surface area contributed by atoms with Crippen molar-refractivity contribution in [1.82, 2.24) is 0 Å². The van der Waals surface area contributed by atoms with Crippen LogP contribution in [0, 0.1) is 6.92 Å². The third-order valence-corrected chi connectivity index (χ3v) is 5.07. The zero-order valence-corrected chi connectivity index (χ0v) is 16.1. The summed E-state index contributed by atoms with van der Waals surface area (Å²) >= 11 is 0. The van der Waals surface area contributed by atoms with Crippen LogP contribution >= 0.6 is 0 Å². The second-order valence-corrected chi connectivity index (χ2v) is 8.49. The van der Waals surface area contributed by atoms with Gasteiger partial charge in [0.1, 0.15) is 11.5 Å². The number of benzene rings is 2. The van der Waals surface area contributed by atoms with Gasteiger partial charge in [0.15, 0.2) is 9.84 Å². The monoisotopic (exact) mass is 362 g/mol. The molecule has 2 rings (SSSR count). The van der Waals surface area contributed by atoms with Gasteiger partial charge in [-0.3, -0.25) is 0 Å². The Balaban J connectivity index is 1.79. The van der Waals surface area contributed by atoms with Crippen LogP contribution in [0.15, 0.2) is 47.4 Å². The molecule has 0 N–H and O–H groups in total. The van der Waals surface area contributed by atoms with Crippen LogP contribution in [0.5, 0.6) is 11.5 Å². The molecule has 0 atom stereocenters. The Hall–Kier alpha value is -2.01. The van der Waals surface area contributed by atoms with Crippen LogP contribution < -0.4 is 9.47 Å². The number of hydrogen-bond acceptors (Lipinski definition) is 4. The van der Waals surface area contributed by atoms with Crippen LogP contribution in [0.4, 0.5) is 0 Å². The molecule has 0 aromatic heterocycles. The van der Waals surface area contributed by atoms with Gasteiger partial charge in [-0.15, -0.1) is 0 Å². The minimum Gasteiger partial charge on any atom is -0.493 e. The molecule has 0 fully saturated rings. The highest BCUT2D eigenvalue weighted by Crippen LogP contribution is 2.24. The Morgan fingerprint density at radius 1 is 0.960 bits per heavy atom. The van der Waals surface area contributed by atoms with Crippen molar-refractivity contribution < 1.29 is 17.9 Å². The van der Waals surface area contributed by atoms with Crippen molar-refractivity contribution in [3.63, 3.8) is 0 Å². The van der Waals surface area contributed by atoms with Crippen molar-refractivity contribution in [1.29, 1.82) is 0 Å². The molecule has 0 saturated carbocycles. The highest BCUT2D eigenvalue weighted by Gasteiger charge is 2.07. The molecule has 5 heteroatoms. The lowest BCUT2D eigenvalue weighted by Crippen LogP contribution is -2.06. The fraction of sp³-hybridized carbons (Fsp3) is 0.400. The zero-order valence-electron chi connectivity index (χ0n) is 15.3. The van der Waals surface area contributed by atoms with Gasteiger partial charge in [-0.1, -0.05) is 26.0 Å². The molecule has 0 heterocycles. The Kier molecular flexibility index (Phi) is 6.48. The van der Waals surface area contributed by atoms with Crippen molar-refractivity contribution in [2.75, 3.05) is 19.5 Å². The van der Waals surface area contributed by atoms with Gasteiger partial charge < -0.3 is 9.47 Å². The Bertz CT molecular complexity index is 793. The molecule has 0 saturated heterocycles. The number of aryl methyl sites for hydroxylation is 1. The molecule has 136 valence electrons. The molecule has 2 aromatic carbocycles. The van der Waals surface area contributed by atoms with Gasteiger partial charge in [-0.05, 0) is 54.3 Å². The summed E-state index contributed by atoms with van der Waals surface area (Å²) < 4.78 is 34.3. The zero-order chi connectivity index (χ0) is 18.4. The summed E-state index contributed by atoms with van der Waals surface area (Å²) in [5, 5.41) is 0. The van der Waals surface area contributed by atoms with E-state index in [1.807, 2.05) is 6.92 Å². The highest BCUT2D eigenvalue weighted by molar-refractivity contribution is 7.90. The second-order valence-electron chi connectivity index (χ2n) is 6.47. The van der Waals surface area contributed by atoms with Crippen LogP contribution in [0.1, 0.15) is 37.3 Å². The van der Waals surface area contributed by atoms with E-state index in [1.165, 1.54) is 11.8 Å². The lowest BCUT2D eigenvalue weighted by Gasteiger charge is -2.13. The van der Waals surface area contributed by atoms with Gasteiger partial charge in [0.2, 0.25) is 0 Å². The Morgan fingerprint density at radius 3 is 2.20 bits per heavy atom. The van der Waals surface area contributed by atoms with Gasteiger partial charge in [-0.2, -0.15) is 0 Å². The minimum atomic E-state index is -3.17. The van der Waals surface area contributed by atoms with E-state index < -0.39 is 9.84 Å². The fourth-order valence-electron chi connectivity index (χ4n) is 2.35. The summed E-state index contributed by atoms with van der Waals surface area (Å²) in [6.07, 6.45) is 1.94. The Morgan fingerprint density at radius 2 is 1.60 bits per heavy atom. The van der Waals surface area contributed by atoms with E-state index in [9.17, 15) is 8.42 Å². The smallest absolute Gasteiger partial charge is 0.175 e. The third-order valence-electron chi connectivity index (χ3n) is 3.95. The Labute approximate surface area is 150 Å².